The van der Waals surface area contributed by atoms with Crippen molar-refractivity contribution < 1.29 is 33.6 Å². The highest BCUT2D eigenvalue weighted by Gasteiger charge is 2.10. The highest BCUT2D eigenvalue weighted by atomic mass is 32.2. The van der Waals surface area contributed by atoms with E-state index >= 15 is 0 Å². The molecular formula is C40H62N2O7S2. The number of carboxylic acids is 2. The molecule has 0 heterocycles. The molecule has 286 valence electrons. The van der Waals surface area contributed by atoms with Crippen LogP contribution in [0.4, 0.5) is 0 Å². The van der Waals surface area contributed by atoms with Crippen LogP contribution in [-0.4, -0.2) is 49.7 Å². The molecule has 0 rings (SSSR count). The molecule has 0 bridgehead atoms. The van der Waals surface area contributed by atoms with E-state index in [-0.39, 0.29) is 23.1 Å². The maximum Gasteiger partial charge on any atom is 0.353 e. The van der Waals surface area contributed by atoms with Gasteiger partial charge in [-0.15, -0.1) is 11.8 Å². The molecule has 0 aliphatic rings. The van der Waals surface area contributed by atoms with Crippen molar-refractivity contribution in [1.82, 2.24) is 10.6 Å². The molecule has 0 aliphatic heterocycles. The minimum Gasteiger partial charge on any atom is -0.477 e. The Morgan fingerprint density at radius 1 is 0.549 bits per heavy atom. The second-order valence-corrected chi connectivity index (χ2v) is 15.1. The molecule has 4 N–H and O–H groups in total. The van der Waals surface area contributed by atoms with E-state index in [9.17, 15) is 23.4 Å². The number of allylic oxidation sites excluding steroid dienone is 10. The summed E-state index contributed by atoms with van der Waals surface area (Å²) in [5, 5.41) is 25.0. The van der Waals surface area contributed by atoms with Crippen molar-refractivity contribution >= 4 is 46.3 Å². The van der Waals surface area contributed by atoms with Crippen LogP contribution in [0.15, 0.2) is 92.1 Å². The highest BCUT2D eigenvalue weighted by molar-refractivity contribution is 8.02. The van der Waals surface area contributed by atoms with E-state index in [0.29, 0.717) is 5.75 Å². The van der Waals surface area contributed by atoms with Crippen molar-refractivity contribution in [2.45, 2.75) is 121 Å². The number of aliphatic carboxylic acids is 2. The first-order valence-electron chi connectivity index (χ1n) is 17.2. The summed E-state index contributed by atoms with van der Waals surface area (Å²) in [7, 11) is -1.49. The summed E-state index contributed by atoms with van der Waals surface area (Å²) in [5.74, 6) is -2.40. The number of carbonyl (C=O) groups is 4. The normalized spacial score (nSPS) is 13.4. The van der Waals surface area contributed by atoms with E-state index in [2.05, 4.69) is 89.5 Å². The molecule has 0 aromatic heterocycles. The largest absolute Gasteiger partial charge is 0.477 e. The van der Waals surface area contributed by atoms with Crippen molar-refractivity contribution in [2.24, 2.45) is 0 Å². The van der Waals surface area contributed by atoms with E-state index < -0.39 is 28.6 Å². The summed E-state index contributed by atoms with van der Waals surface area (Å²) in [6.07, 6.45) is 21.1. The first-order valence-corrected chi connectivity index (χ1v) is 19.6. The molecule has 11 heteroatoms. The van der Waals surface area contributed by atoms with Crippen LogP contribution in [0.5, 0.6) is 0 Å². The Morgan fingerprint density at radius 2 is 0.922 bits per heavy atom. The topological polar surface area (TPSA) is 150 Å². The predicted molar refractivity (Wildman–Crippen MR) is 215 cm³/mol. The van der Waals surface area contributed by atoms with Crippen molar-refractivity contribution in [3.8, 4) is 0 Å². The molecular weight excluding hydrogens is 685 g/mol. The van der Waals surface area contributed by atoms with Crippen LogP contribution in [-0.2, 0) is 30.0 Å². The van der Waals surface area contributed by atoms with Gasteiger partial charge in [0.2, 0.25) is 11.8 Å². The second kappa shape index (κ2) is 30.0. The van der Waals surface area contributed by atoms with Crippen molar-refractivity contribution in [2.75, 3.05) is 11.5 Å². The lowest BCUT2D eigenvalue weighted by Gasteiger charge is -2.03. The number of thioether (sulfide) groups is 1. The smallest absolute Gasteiger partial charge is 0.353 e. The van der Waals surface area contributed by atoms with Gasteiger partial charge < -0.3 is 20.8 Å². The maximum atomic E-state index is 12.0. The van der Waals surface area contributed by atoms with E-state index in [1.165, 1.54) is 58.9 Å². The minimum atomic E-state index is -1.49. The summed E-state index contributed by atoms with van der Waals surface area (Å²) >= 11 is 1.36. The Morgan fingerprint density at radius 3 is 1.31 bits per heavy atom. The van der Waals surface area contributed by atoms with Crippen LogP contribution in [0.1, 0.15) is 121 Å². The van der Waals surface area contributed by atoms with Gasteiger partial charge in [-0.1, -0.05) is 69.9 Å². The number of nitrogens with one attached hydrogen (secondary N) is 2. The standard InChI is InChI=1S/C20H31NO4S.C20H31NO3S/c1-15(2)8-6-9-16(3)10-7-11-17(4)12-13-26(25)14-19(20(23)24)21-18(5)22;1-15(2)8-6-9-16(3)10-7-11-17(4)12-13-25-14-19(20(23)24)21-18(5)22/h8,10,12,14H,6-7,9,11,13H2,1-5H3,(H,21,22)(H,23,24);8,10,12,14H,6-7,9,11,13H2,1-5H3,(H,21,22)(H,23,24)/b2*16-10+,17-12+,19-14-. The van der Waals surface area contributed by atoms with Crippen LogP contribution in [0, 0.1) is 0 Å². The monoisotopic (exact) mass is 746 g/mol. The van der Waals surface area contributed by atoms with Gasteiger partial charge in [0.15, 0.2) is 0 Å². The zero-order valence-electron chi connectivity index (χ0n) is 32.4. The van der Waals surface area contributed by atoms with Gasteiger partial charge >= 0.3 is 11.9 Å². The third-order valence-electron chi connectivity index (χ3n) is 6.90. The Hall–Kier alpha value is -3.70. The molecule has 1 atom stereocenters. The quantitative estimate of drug-likeness (QED) is 0.0486. The summed E-state index contributed by atoms with van der Waals surface area (Å²) in [6.45, 7) is 19.3. The fourth-order valence-corrected chi connectivity index (χ4v) is 5.82. The number of amides is 2. The molecule has 0 aromatic rings. The van der Waals surface area contributed by atoms with Gasteiger partial charge in [-0.05, 0) is 107 Å². The average Bonchev–Trinajstić information content (AvgIpc) is 3.00. The van der Waals surface area contributed by atoms with Gasteiger partial charge in [0.05, 0.1) is 10.8 Å². The maximum absolute atomic E-state index is 12.0. The Labute approximate surface area is 313 Å². The molecule has 0 aliphatic carbocycles. The van der Waals surface area contributed by atoms with Crippen molar-refractivity contribution in [3.05, 3.63) is 92.1 Å². The summed E-state index contributed by atoms with van der Waals surface area (Å²) in [5.41, 5.74) is 7.44. The third-order valence-corrected chi connectivity index (χ3v) is 8.66. The number of hydrogen-bond donors (Lipinski definition) is 4. The van der Waals surface area contributed by atoms with E-state index in [1.54, 1.807) is 0 Å². The van der Waals surface area contributed by atoms with Gasteiger partial charge in [0.1, 0.15) is 11.4 Å². The molecule has 0 saturated heterocycles. The van der Waals surface area contributed by atoms with E-state index in [1.807, 2.05) is 13.0 Å². The van der Waals surface area contributed by atoms with Crippen molar-refractivity contribution in [3.63, 3.8) is 0 Å². The molecule has 1 unspecified atom stereocenters. The molecule has 0 saturated carbocycles. The van der Waals surface area contributed by atoms with E-state index in [4.69, 9.17) is 10.2 Å². The summed E-state index contributed by atoms with van der Waals surface area (Å²) < 4.78 is 12.0. The fourth-order valence-electron chi connectivity index (χ4n) is 4.05. The lowest BCUT2D eigenvalue weighted by molar-refractivity contribution is -0.134. The number of carboxylic acid groups (broad SMARTS) is 2. The molecule has 51 heavy (non-hydrogen) atoms. The number of rotatable bonds is 22. The lowest BCUT2D eigenvalue weighted by atomic mass is 10.1. The predicted octanol–water partition coefficient (Wildman–Crippen LogP) is 9.42. The van der Waals surface area contributed by atoms with Gasteiger partial charge in [-0.25, -0.2) is 9.59 Å². The van der Waals surface area contributed by atoms with E-state index in [0.717, 1.165) is 62.3 Å². The summed E-state index contributed by atoms with van der Waals surface area (Å²) in [4.78, 5) is 43.8. The zero-order valence-corrected chi connectivity index (χ0v) is 34.1. The molecule has 0 radical (unpaired) electrons. The number of hydrogen-bond acceptors (Lipinski definition) is 6. The number of carbonyl (C=O) groups excluding carboxylic acids is 2. The Bertz CT molecular complexity index is 1420. The second-order valence-electron chi connectivity index (χ2n) is 12.8. The highest BCUT2D eigenvalue weighted by Crippen LogP contribution is 2.14. The van der Waals surface area contributed by atoms with Crippen LogP contribution in [0.25, 0.3) is 0 Å². The Balaban J connectivity index is 0. The van der Waals surface area contributed by atoms with Gasteiger partial charge in [-0.2, -0.15) is 0 Å². The van der Waals surface area contributed by atoms with Crippen LogP contribution in [0.2, 0.25) is 0 Å². The van der Waals surface area contributed by atoms with Crippen LogP contribution in [0.3, 0.4) is 0 Å². The fraction of sp³-hybridized carbons (Fsp3) is 0.500. The molecule has 2 amide bonds. The first-order chi connectivity index (χ1) is 23.8. The zero-order chi connectivity index (χ0) is 39.4. The Kier molecular flexibility index (Phi) is 29.0. The first kappa shape index (κ1) is 49.4. The molecule has 9 nitrogen and oxygen atoms in total. The van der Waals surface area contributed by atoms with Crippen LogP contribution < -0.4 is 10.6 Å². The van der Waals surface area contributed by atoms with Crippen molar-refractivity contribution in [1.29, 1.82) is 0 Å². The van der Waals surface area contributed by atoms with Gasteiger partial charge in [0, 0.05) is 36.2 Å². The minimum absolute atomic E-state index is 0.0847. The molecule has 0 fully saturated rings. The average molecular weight is 747 g/mol. The molecule has 0 spiro atoms. The third kappa shape index (κ3) is 33.2. The van der Waals surface area contributed by atoms with Gasteiger partial charge in [-0.3, -0.25) is 13.8 Å². The van der Waals surface area contributed by atoms with Crippen LogP contribution >= 0.6 is 11.8 Å². The lowest BCUT2D eigenvalue weighted by Crippen LogP contribution is -2.25. The van der Waals surface area contributed by atoms with Gasteiger partial charge in [0.25, 0.3) is 0 Å². The SMILES string of the molecule is CC(=O)N/C(=C\S(=O)C/C=C(\C)CC/C=C(\C)CCC=C(C)C)C(=O)O.CC(=O)N/C(=C\SC/C=C(\C)CC/C=C(\C)CCC=C(C)C)C(=O)O. The molecule has 0 aromatic carbocycles. The summed E-state index contributed by atoms with van der Waals surface area (Å²) in [6, 6.07) is 0.